The lowest BCUT2D eigenvalue weighted by Gasteiger charge is -2.34. The number of benzene rings is 1. The van der Waals surface area contributed by atoms with E-state index in [-0.39, 0.29) is 12.8 Å². The van der Waals surface area contributed by atoms with E-state index in [9.17, 15) is 13.2 Å². The maximum Gasteiger partial charge on any atom is 0.391 e. The molecule has 0 aliphatic carbocycles. The van der Waals surface area contributed by atoms with Crippen LogP contribution in [0.1, 0.15) is 12.8 Å². The third-order valence-electron chi connectivity index (χ3n) is 3.54. The van der Waals surface area contributed by atoms with Crippen LogP contribution in [-0.2, 0) is 0 Å². The normalized spacial score (nSPS) is 17.6. The van der Waals surface area contributed by atoms with Crippen LogP contribution in [0.5, 0.6) is 5.75 Å². The number of hydrogen-bond donors (Lipinski definition) is 1. The monoisotopic (exact) mass is 274 g/mol. The number of methoxy groups -OCH3 is 1. The van der Waals surface area contributed by atoms with Gasteiger partial charge in [0.2, 0.25) is 0 Å². The Balaban J connectivity index is 2.05. The number of alkyl halides is 3. The van der Waals surface area contributed by atoms with Crippen molar-refractivity contribution in [3.8, 4) is 5.75 Å². The van der Waals surface area contributed by atoms with Crippen molar-refractivity contribution in [2.24, 2.45) is 5.92 Å². The molecule has 0 amide bonds. The fourth-order valence-corrected chi connectivity index (χ4v) is 2.36. The van der Waals surface area contributed by atoms with Crippen LogP contribution in [0.25, 0.3) is 0 Å². The van der Waals surface area contributed by atoms with Crippen molar-refractivity contribution >= 4 is 11.4 Å². The van der Waals surface area contributed by atoms with Crippen molar-refractivity contribution in [2.45, 2.75) is 19.0 Å². The number of nitrogen functional groups attached to an aromatic ring is 1. The van der Waals surface area contributed by atoms with Gasteiger partial charge in [0.25, 0.3) is 0 Å². The van der Waals surface area contributed by atoms with Gasteiger partial charge in [-0.3, -0.25) is 0 Å². The van der Waals surface area contributed by atoms with Crippen molar-refractivity contribution in [3.05, 3.63) is 18.2 Å². The van der Waals surface area contributed by atoms with Crippen molar-refractivity contribution < 1.29 is 17.9 Å². The number of piperidine rings is 1. The molecule has 1 aromatic rings. The van der Waals surface area contributed by atoms with Crippen LogP contribution >= 0.6 is 0 Å². The average Bonchev–Trinajstić information content (AvgIpc) is 2.38. The summed E-state index contributed by atoms with van der Waals surface area (Å²) in [5.74, 6) is -0.630. The summed E-state index contributed by atoms with van der Waals surface area (Å²) in [6.45, 7) is 0.800. The van der Waals surface area contributed by atoms with E-state index in [0.29, 0.717) is 24.5 Å². The smallest absolute Gasteiger partial charge is 0.391 e. The molecule has 0 spiro atoms. The Morgan fingerprint density at radius 2 is 1.89 bits per heavy atom. The minimum Gasteiger partial charge on any atom is -0.495 e. The fraction of sp³-hybridized carbons (Fsp3) is 0.538. The molecule has 1 saturated heterocycles. The Kier molecular flexibility index (Phi) is 3.78. The highest BCUT2D eigenvalue weighted by Crippen LogP contribution is 2.36. The van der Waals surface area contributed by atoms with Crippen LogP contribution in [0.15, 0.2) is 18.2 Å². The SMILES string of the molecule is COc1cc(N2CCC(C(F)(F)F)CC2)ccc1N. The van der Waals surface area contributed by atoms with Crippen LogP contribution in [0.2, 0.25) is 0 Å². The number of halogens is 3. The van der Waals surface area contributed by atoms with Crippen molar-refractivity contribution in [1.82, 2.24) is 0 Å². The summed E-state index contributed by atoms with van der Waals surface area (Å²) in [5, 5.41) is 0. The summed E-state index contributed by atoms with van der Waals surface area (Å²) in [6.07, 6.45) is -3.81. The van der Waals surface area contributed by atoms with E-state index in [4.69, 9.17) is 10.5 Å². The van der Waals surface area contributed by atoms with E-state index in [1.165, 1.54) is 7.11 Å². The lowest BCUT2D eigenvalue weighted by atomic mass is 9.96. The second-order valence-electron chi connectivity index (χ2n) is 4.73. The highest BCUT2D eigenvalue weighted by atomic mass is 19.4. The Bertz CT molecular complexity index is 440. The number of ether oxygens (including phenoxy) is 1. The second-order valence-corrected chi connectivity index (χ2v) is 4.73. The predicted molar refractivity (Wildman–Crippen MR) is 68.4 cm³/mol. The fourth-order valence-electron chi connectivity index (χ4n) is 2.36. The molecular formula is C13H17F3N2O. The van der Waals surface area contributed by atoms with E-state index in [1.54, 1.807) is 12.1 Å². The second kappa shape index (κ2) is 5.19. The summed E-state index contributed by atoms with van der Waals surface area (Å²) in [6, 6.07) is 5.29. The van der Waals surface area contributed by atoms with E-state index in [1.807, 2.05) is 11.0 Å². The molecule has 1 fully saturated rings. The van der Waals surface area contributed by atoms with Gasteiger partial charge < -0.3 is 15.4 Å². The van der Waals surface area contributed by atoms with Gasteiger partial charge >= 0.3 is 6.18 Å². The molecule has 19 heavy (non-hydrogen) atoms. The summed E-state index contributed by atoms with van der Waals surface area (Å²) in [7, 11) is 1.52. The number of hydrogen-bond acceptors (Lipinski definition) is 3. The molecule has 1 aliphatic heterocycles. The van der Waals surface area contributed by atoms with Crippen LogP contribution in [0.3, 0.4) is 0 Å². The molecule has 1 aliphatic rings. The van der Waals surface area contributed by atoms with E-state index in [0.717, 1.165) is 5.69 Å². The summed E-state index contributed by atoms with van der Waals surface area (Å²) in [5.41, 5.74) is 7.09. The molecule has 6 heteroatoms. The Labute approximate surface area is 110 Å². The van der Waals surface area contributed by atoms with Gasteiger partial charge in [-0.05, 0) is 25.0 Å². The highest BCUT2D eigenvalue weighted by molar-refractivity contribution is 5.62. The third kappa shape index (κ3) is 3.05. The predicted octanol–water partition coefficient (Wildman–Crippen LogP) is 3.06. The molecule has 0 bridgehead atoms. The number of anilines is 2. The molecule has 1 aromatic carbocycles. The first-order chi connectivity index (χ1) is 8.91. The zero-order chi connectivity index (χ0) is 14.0. The Hall–Kier alpha value is -1.59. The minimum atomic E-state index is -4.08. The third-order valence-corrected chi connectivity index (χ3v) is 3.54. The first-order valence-corrected chi connectivity index (χ1v) is 6.17. The van der Waals surface area contributed by atoms with Crippen molar-refractivity contribution in [2.75, 3.05) is 30.8 Å². The maximum absolute atomic E-state index is 12.6. The topological polar surface area (TPSA) is 38.5 Å². The standard InChI is InChI=1S/C13H17F3N2O/c1-19-12-8-10(2-3-11(12)17)18-6-4-9(5-7-18)13(14,15)16/h2-3,8-9H,4-7,17H2,1H3. The zero-order valence-electron chi connectivity index (χ0n) is 10.7. The van der Waals surface area contributed by atoms with E-state index < -0.39 is 12.1 Å². The molecule has 0 saturated carbocycles. The van der Waals surface area contributed by atoms with Gasteiger partial charge in [0.05, 0.1) is 18.7 Å². The summed E-state index contributed by atoms with van der Waals surface area (Å²) in [4.78, 5) is 1.93. The van der Waals surface area contributed by atoms with Gasteiger partial charge in [0.15, 0.2) is 0 Å². The van der Waals surface area contributed by atoms with Gasteiger partial charge in [0, 0.05) is 24.8 Å². The van der Waals surface area contributed by atoms with Crippen LogP contribution in [-0.4, -0.2) is 26.4 Å². The quantitative estimate of drug-likeness (QED) is 0.842. The first kappa shape index (κ1) is 13.8. The van der Waals surface area contributed by atoms with E-state index >= 15 is 0 Å². The summed E-state index contributed by atoms with van der Waals surface area (Å²) < 4.78 is 42.9. The molecular weight excluding hydrogens is 257 g/mol. The maximum atomic E-state index is 12.6. The van der Waals surface area contributed by atoms with Crippen molar-refractivity contribution in [1.29, 1.82) is 0 Å². The van der Waals surface area contributed by atoms with Gasteiger partial charge in [-0.2, -0.15) is 13.2 Å². The number of nitrogens with zero attached hydrogens (tertiary/aromatic N) is 1. The van der Waals surface area contributed by atoms with Crippen LogP contribution in [0.4, 0.5) is 24.5 Å². The van der Waals surface area contributed by atoms with Crippen LogP contribution < -0.4 is 15.4 Å². The molecule has 3 nitrogen and oxygen atoms in total. The Morgan fingerprint density at radius 1 is 1.26 bits per heavy atom. The summed E-state index contributed by atoms with van der Waals surface area (Å²) >= 11 is 0. The van der Waals surface area contributed by atoms with E-state index in [2.05, 4.69) is 0 Å². The molecule has 0 atom stereocenters. The molecule has 2 N–H and O–H groups in total. The van der Waals surface area contributed by atoms with Gasteiger partial charge in [-0.15, -0.1) is 0 Å². The van der Waals surface area contributed by atoms with Crippen molar-refractivity contribution in [3.63, 3.8) is 0 Å². The van der Waals surface area contributed by atoms with Gasteiger partial charge in [-0.25, -0.2) is 0 Å². The molecule has 2 rings (SSSR count). The number of nitrogens with two attached hydrogens (primary N) is 1. The highest BCUT2D eigenvalue weighted by Gasteiger charge is 2.41. The lowest BCUT2D eigenvalue weighted by molar-refractivity contribution is -0.179. The zero-order valence-corrected chi connectivity index (χ0v) is 10.7. The molecule has 1 heterocycles. The molecule has 0 aromatic heterocycles. The first-order valence-electron chi connectivity index (χ1n) is 6.17. The van der Waals surface area contributed by atoms with Gasteiger partial charge in [-0.1, -0.05) is 0 Å². The minimum absolute atomic E-state index is 0.135. The number of rotatable bonds is 2. The molecule has 106 valence electrons. The molecule has 0 unspecified atom stereocenters. The van der Waals surface area contributed by atoms with Gasteiger partial charge in [0.1, 0.15) is 5.75 Å². The largest absolute Gasteiger partial charge is 0.495 e. The van der Waals surface area contributed by atoms with Crippen LogP contribution in [0, 0.1) is 5.92 Å². The Morgan fingerprint density at radius 3 is 2.42 bits per heavy atom. The average molecular weight is 274 g/mol. The lowest BCUT2D eigenvalue weighted by Crippen LogP contribution is -2.39. The molecule has 0 radical (unpaired) electrons.